The summed E-state index contributed by atoms with van der Waals surface area (Å²) in [7, 11) is 0. The average Bonchev–Trinajstić information content (AvgIpc) is 2.43. The fraction of sp³-hybridized carbons (Fsp3) is 0.556. The van der Waals surface area contributed by atoms with Gasteiger partial charge in [-0.3, -0.25) is 0 Å². The minimum absolute atomic E-state index is 0.0925. The van der Waals surface area contributed by atoms with Gasteiger partial charge in [0.05, 0.1) is 6.61 Å². The van der Waals surface area contributed by atoms with Gasteiger partial charge in [0.25, 0.3) is 0 Å². The molecule has 0 aromatic heterocycles. The number of hydrogen-bond donors (Lipinski definition) is 1. The quantitative estimate of drug-likeness (QED) is 0.635. The first-order valence-corrected chi connectivity index (χ1v) is 7.88. The van der Waals surface area contributed by atoms with Gasteiger partial charge in [-0.1, -0.05) is 20.4 Å². The molecular weight excluding hydrogens is 262 g/mol. The van der Waals surface area contributed by atoms with Crippen LogP contribution < -0.4 is 4.74 Å². The van der Waals surface area contributed by atoms with Crippen LogP contribution in [-0.2, 0) is 0 Å². The lowest BCUT2D eigenvalue weighted by molar-refractivity contribution is 0.132. The van der Waals surface area contributed by atoms with Crippen molar-refractivity contribution in [2.75, 3.05) is 26.2 Å². The summed E-state index contributed by atoms with van der Waals surface area (Å²) in [6.07, 6.45) is 2.41. The molecule has 2 rings (SSSR count). The lowest BCUT2D eigenvalue weighted by Gasteiger charge is -2.34. The van der Waals surface area contributed by atoms with Crippen molar-refractivity contribution in [2.24, 2.45) is 11.8 Å². The molecule has 0 bridgehead atoms. The van der Waals surface area contributed by atoms with Gasteiger partial charge in [0.15, 0.2) is 0 Å². The van der Waals surface area contributed by atoms with Gasteiger partial charge in [-0.15, -0.1) is 0 Å². The number of ether oxygens (including phenoxy) is 1. The second-order valence-electron chi connectivity index (χ2n) is 6.38. The van der Waals surface area contributed by atoms with Gasteiger partial charge in [0.2, 0.25) is 0 Å². The summed E-state index contributed by atoms with van der Waals surface area (Å²) in [5.74, 6) is 2.57. The third-order valence-corrected chi connectivity index (χ3v) is 4.02. The van der Waals surface area contributed by atoms with Crippen LogP contribution in [0.5, 0.6) is 5.75 Å². The fourth-order valence-corrected chi connectivity index (χ4v) is 3.20. The van der Waals surface area contributed by atoms with Gasteiger partial charge < -0.3 is 14.7 Å². The molecule has 1 aromatic rings. The van der Waals surface area contributed by atoms with E-state index in [4.69, 9.17) is 4.74 Å². The maximum Gasteiger partial charge on any atom is 0.119 e. The van der Waals surface area contributed by atoms with E-state index < -0.39 is 0 Å². The summed E-state index contributed by atoms with van der Waals surface area (Å²) in [5, 5.41) is 9.27. The van der Waals surface area contributed by atoms with E-state index in [0.717, 1.165) is 42.7 Å². The Balaban J connectivity index is 1.68. The number of aliphatic hydroxyl groups excluding tert-OH is 1. The van der Waals surface area contributed by atoms with Crippen molar-refractivity contribution in [3.8, 4) is 5.75 Å². The third kappa shape index (κ3) is 5.09. The van der Waals surface area contributed by atoms with Crippen LogP contribution in [0.4, 0.5) is 0 Å². The minimum atomic E-state index is 0.0925. The van der Waals surface area contributed by atoms with Crippen molar-refractivity contribution in [3.05, 3.63) is 36.4 Å². The van der Waals surface area contributed by atoms with Crippen LogP contribution in [0.3, 0.4) is 0 Å². The standard InChI is InChI=1S/C18H27NO2/c1-14-11-15(2)13-19(12-14)9-4-10-21-18-7-5-17(6-8-18)16(3)20/h5-8,14-15,20H,3-4,9-13H2,1-2H3/t14-,15-/m0/s1. The first-order chi connectivity index (χ1) is 10.0. The zero-order valence-electron chi connectivity index (χ0n) is 13.2. The molecule has 116 valence electrons. The van der Waals surface area contributed by atoms with Gasteiger partial charge in [0.1, 0.15) is 11.5 Å². The molecule has 1 fully saturated rings. The lowest BCUT2D eigenvalue weighted by Crippen LogP contribution is -2.39. The molecular formula is C18H27NO2. The molecule has 21 heavy (non-hydrogen) atoms. The normalized spacial score (nSPS) is 23.0. The molecule has 3 nitrogen and oxygen atoms in total. The van der Waals surface area contributed by atoms with Crippen molar-refractivity contribution in [1.29, 1.82) is 0 Å². The maximum absolute atomic E-state index is 9.27. The minimum Gasteiger partial charge on any atom is -0.508 e. The molecule has 3 heteroatoms. The molecule has 2 atom stereocenters. The Hall–Kier alpha value is -1.48. The molecule has 0 radical (unpaired) electrons. The van der Waals surface area contributed by atoms with Crippen molar-refractivity contribution in [3.63, 3.8) is 0 Å². The molecule has 0 saturated carbocycles. The highest BCUT2D eigenvalue weighted by Gasteiger charge is 2.20. The molecule has 1 aliphatic heterocycles. The molecule has 1 N–H and O–H groups in total. The molecule has 1 saturated heterocycles. The second-order valence-corrected chi connectivity index (χ2v) is 6.38. The molecule has 1 aliphatic rings. The molecule has 0 unspecified atom stereocenters. The number of nitrogens with zero attached hydrogens (tertiary/aromatic N) is 1. The van der Waals surface area contributed by atoms with E-state index in [2.05, 4.69) is 25.3 Å². The van der Waals surface area contributed by atoms with Crippen LogP contribution in [0.2, 0.25) is 0 Å². The van der Waals surface area contributed by atoms with E-state index in [9.17, 15) is 5.11 Å². The van der Waals surface area contributed by atoms with Crippen LogP contribution in [-0.4, -0.2) is 36.2 Å². The fourth-order valence-electron chi connectivity index (χ4n) is 3.20. The van der Waals surface area contributed by atoms with Crippen molar-refractivity contribution < 1.29 is 9.84 Å². The van der Waals surface area contributed by atoms with E-state index in [1.807, 2.05) is 24.3 Å². The van der Waals surface area contributed by atoms with Crippen LogP contribution in [0.25, 0.3) is 5.76 Å². The predicted molar refractivity (Wildman–Crippen MR) is 87.6 cm³/mol. The second kappa shape index (κ2) is 7.51. The van der Waals surface area contributed by atoms with Crippen molar-refractivity contribution >= 4 is 5.76 Å². The van der Waals surface area contributed by atoms with Crippen molar-refractivity contribution in [1.82, 2.24) is 4.90 Å². The summed E-state index contributed by atoms with van der Waals surface area (Å²) < 4.78 is 5.75. The topological polar surface area (TPSA) is 32.7 Å². The number of rotatable bonds is 6. The van der Waals surface area contributed by atoms with Gasteiger partial charge in [-0.05, 0) is 48.9 Å². The van der Waals surface area contributed by atoms with Gasteiger partial charge in [-0.2, -0.15) is 0 Å². The highest BCUT2D eigenvalue weighted by molar-refractivity contribution is 5.56. The number of piperidine rings is 1. The first kappa shape index (κ1) is 15.9. The van der Waals surface area contributed by atoms with E-state index in [0.29, 0.717) is 0 Å². The van der Waals surface area contributed by atoms with Crippen LogP contribution in [0.15, 0.2) is 30.8 Å². The van der Waals surface area contributed by atoms with E-state index >= 15 is 0 Å². The maximum atomic E-state index is 9.27. The van der Waals surface area contributed by atoms with Gasteiger partial charge in [0, 0.05) is 25.2 Å². The molecule has 1 aromatic carbocycles. The number of hydrogen-bond acceptors (Lipinski definition) is 3. The number of benzene rings is 1. The van der Waals surface area contributed by atoms with E-state index in [1.54, 1.807) is 0 Å². The lowest BCUT2D eigenvalue weighted by atomic mass is 9.92. The highest BCUT2D eigenvalue weighted by Crippen LogP contribution is 2.21. The van der Waals surface area contributed by atoms with E-state index in [-0.39, 0.29) is 5.76 Å². The number of aliphatic hydroxyl groups is 1. The molecule has 1 heterocycles. The Morgan fingerprint density at radius 1 is 1.24 bits per heavy atom. The number of likely N-dealkylation sites (tertiary alicyclic amines) is 1. The van der Waals surface area contributed by atoms with Crippen molar-refractivity contribution in [2.45, 2.75) is 26.7 Å². The molecule has 0 amide bonds. The average molecular weight is 289 g/mol. The zero-order valence-corrected chi connectivity index (χ0v) is 13.2. The Labute approximate surface area is 128 Å². The Morgan fingerprint density at radius 2 is 1.86 bits per heavy atom. The summed E-state index contributed by atoms with van der Waals surface area (Å²) in [6.45, 7) is 12.5. The van der Waals surface area contributed by atoms with Crippen LogP contribution in [0, 0.1) is 11.8 Å². The molecule has 0 spiro atoms. The predicted octanol–water partition coefficient (Wildman–Crippen LogP) is 3.96. The van der Waals surface area contributed by atoms with Crippen LogP contribution in [0.1, 0.15) is 32.3 Å². The Morgan fingerprint density at radius 3 is 2.43 bits per heavy atom. The smallest absolute Gasteiger partial charge is 0.119 e. The summed E-state index contributed by atoms with van der Waals surface area (Å²) >= 11 is 0. The van der Waals surface area contributed by atoms with Gasteiger partial charge >= 0.3 is 0 Å². The zero-order chi connectivity index (χ0) is 15.2. The largest absolute Gasteiger partial charge is 0.508 e. The summed E-state index contributed by atoms with van der Waals surface area (Å²) in [5.41, 5.74) is 0.735. The Bertz CT molecular complexity index is 445. The van der Waals surface area contributed by atoms with Gasteiger partial charge in [-0.25, -0.2) is 0 Å². The third-order valence-electron chi connectivity index (χ3n) is 4.02. The van der Waals surface area contributed by atoms with E-state index in [1.165, 1.54) is 19.5 Å². The molecule has 0 aliphatic carbocycles. The summed E-state index contributed by atoms with van der Waals surface area (Å²) in [4.78, 5) is 2.56. The SMILES string of the molecule is C=C(O)c1ccc(OCCCN2C[C@@H](C)C[C@H](C)C2)cc1. The monoisotopic (exact) mass is 289 g/mol. The highest BCUT2D eigenvalue weighted by atomic mass is 16.5. The Kier molecular flexibility index (Phi) is 5.68. The van der Waals surface area contributed by atoms with Crippen LogP contribution >= 0.6 is 0 Å². The first-order valence-electron chi connectivity index (χ1n) is 7.88. The summed E-state index contributed by atoms with van der Waals surface area (Å²) in [6, 6.07) is 7.40.